The summed E-state index contributed by atoms with van der Waals surface area (Å²) in [7, 11) is 1.45. The summed E-state index contributed by atoms with van der Waals surface area (Å²) in [5.74, 6) is -2.03. The number of ether oxygens (including phenoxy) is 2. The van der Waals surface area contributed by atoms with E-state index in [1.807, 2.05) is 0 Å². The van der Waals surface area contributed by atoms with Gasteiger partial charge in [0, 0.05) is 29.3 Å². The van der Waals surface area contributed by atoms with E-state index in [1.54, 1.807) is 24.3 Å². The summed E-state index contributed by atoms with van der Waals surface area (Å²) in [4.78, 5) is 24.5. The van der Waals surface area contributed by atoms with Gasteiger partial charge in [0.15, 0.2) is 6.61 Å². The summed E-state index contributed by atoms with van der Waals surface area (Å²) >= 11 is 1.09. The van der Waals surface area contributed by atoms with Crippen LogP contribution in [-0.2, 0) is 27.4 Å². The first-order chi connectivity index (χ1) is 13.5. The van der Waals surface area contributed by atoms with Crippen LogP contribution in [0.4, 0.5) is 8.78 Å². The number of benzene rings is 2. The number of rotatable bonds is 7. The lowest BCUT2D eigenvalue weighted by atomic mass is 10.1. The highest BCUT2D eigenvalue weighted by molar-refractivity contribution is 7.21. The number of amides is 1. The highest BCUT2D eigenvalue weighted by Gasteiger charge is 2.22. The Labute approximate surface area is 163 Å². The number of nitrogens with one attached hydrogen (secondary N) is 1. The van der Waals surface area contributed by atoms with Crippen LogP contribution in [0.2, 0.25) is 0 Å². The number of methoxy groups -OCH3 is 1. The molecule has 1 N–H and O–H groups in total. The Kier molecular flexibility index (Phi) is 6.33. The third kappa shape index (κ3) is 4.52. The molecule has 0 radical (unpaired) electrons. The van der Waals surface area contributed by atoms with Crippen molar-refractivity contribution >= 4 is 33.3 Å². The van der Waals surface area contributed by atoms with E-state index in [-0.39, 0.29) is 23.8 Å². The lowest BCUT2D eigenvalue weighted by Crippen LogP contribution is -2.28. The zero-order valence-corrected chi connectivity index (χ0v) is 15.8. The van der Waals surface area contributed by atoms with Gasteiger partial charge in [0.1, 0.15) is 16.5 Å². The maximum absolute atomic E-state index is 14.2. The van der Waals surface area contributed by atoms with Gasteiger partial charge >= 0.3 is 5.97 Å². The van der Waals surface area contributed by atoms with Crippen LogP contribution in [0.15, 0.2) is 42.5 Å². The standard InChI is InChI=1S/C20H17F2NO4S/c1-26-10-14-18-15(22)3-2-4-16(18)28-19(14)20(25)27-11-17(24)23-9-12-5-7-13(21)8-6-12/h2-8H,9-11H2,1H3,(H,23,24). The summed E-state index contributed by atoms with van der Waals surface area (Å²) in [5.41, 5.74) is 1.11. The van der Waals surface area contributed by atoms with Crippen molar-refractivity contribution < 1.29 is 27.8 Å². The summed E-state index contributed by atoms with van der Waals surface area (Å²) in [6.07, 6.45) is 0. The predicted molar refractivity (Wildman–Crippen MR) is 101 cm³/mol. The van der Waals surface area contributed by atoms with Crippen LogP contribution in [0.1, 0.15) is 20.8 Å². The molecule has 0 aliphatic carbocycles. The second kappa shape index (κ2) is 8.90. The molecule has 1 amide bonds. The minimum Gasteiger partial charge on any atom is -0.451 e. The number of hydrogen-bond donors (Lipinski definition) is 1. The van der Waals surface area contributed by atoms with E-state index < -0.39 is 24.3 Å². The summed E-state index contributed by atoms with van der Waals surface area (Å²) in [6.45, 7) is -0.259. The molecule has 0 atom stereocenters. The first-order valence-electron chi connectivity index (χ1n) is 8.36. The molecule has 1 heterocycles. The van der Waals surface area contributed by atoms with Gasteiger partial charge < -0.3 is 14.8 Å². The van der Waals surface area contributed by atoms with E-state index in [9.17, 15) is 18.4 Å². The molecule has 0 bridgehead atoms. The largest absolute Gasteiger partial charge is 0.451 e. The van der Waals surface area contributed by atoms with E-state index in [0.29, 0.717) is 21.2 Å². The summed E-state index contributed by atoms with van der Waals surface area (Å²) in [6, 6.07) is 10.2. The molecule has 0 saturated heterocycles. The smallest absolute Gasteiger partial charge is 0.349 e. The Morgan fingerprint density at radius 3 is 2.57 bits per heavy atom. The van der Waals surface area contributed by atoms with E-state index >= 15 is 0 Å². The molecule has 28 heavy (non-hydrogen) atoms. The lowest BCUT2D eigenvalue weighted by Gasteiger charge is -2.07. The number of carbonyl (C=O) groups excluding carboxylic acids is 2. The molecule has 0 unspecified atom stereocenters. The molecule has 0 fully saturated rings. The molecule has 5 nitrogen and oxygen atoms in total. The van der Waals surface area contributed by atoms with Crippen molar-refractivity contribution in [3.63, 3.8) is 0 Å². The van der Waals surface area contributed by atoms with Crippen molar-refractivity contribution in [3.05, 3.63) is 70.1 Å². The normalized spacial score (nSPS) is 10.8. The first-order valence-corrected chi connectivity index (χ1v) is 9.18. The number of halogens is 2. The van der Waals surface area contributed by atoms with Gasteiger partial charge in [-0.25, -0.2) is 13.6 Å². The van der Waals surface area contributed by atoms with Crippen molar-refractivity contribution in [1.82, 2.24) is 5.32 Å². The average Bonchev–Trinajstić information content (AvgIpc) is 3.06. The van der Waals surface area contributed by atoms with E-state index in [0.717, 1.165) is 11.3 Å². The fourth-order valence-electron chi connectivity index (χ4n) is 2.66. The Balaban J connectivity index is 1.64. The van der Waals surface area contributed by atoms with Crippen LogP contribution in [0.3, 0.4) is 0 Å². The van der Waals surface area contributed by atoms with Crippen LogP contribution in [0.25, 0.3) is 10.1 Å². The highest BCUT2D eigenvalue weighted by atomic mass is 32.1. The number of esters is 1. The Hall–Kier alpha value is -2.84. The molecule has 0 aliphatic heterocycles. The van der Waals surface area contributed by atoms with Crippen molar-refractivity contribution in [2.75, 3.05) is 13.7 Å². The van der Waals surface area contributed by atoms with Gasteiger partial charge in [0.25, 0.3) is 5.91 Å². The Morgan fingerprint density at radius 1 is 1.11 bits per heavy atom. The van der Waals surface area contributed by atoms with Crippen molar-refractivity contribution in [2.24, 2.45) is 0 Å². The third-order valence-electron chi connectivity index (χ3n) is 3.97. The highest BCUT2D eigenvalue weighted by Crippen LogP contribution is 2.34. The minimum absolute atomic E-state index is 0.0438. The van der Waals surface area contributed by atoms with Gasteiger partial charge in [-0.2, -0.15) is 0 Å². The molecule has 2 aromatic carbocycles. The van der Waals surface area contributed by atoms with Crippen molar-refractivity contribution in [2.45, 2.75) is 13.2 Å². The molecule has 0 saturated carbocycles. The SMILES string of the molecule is COCc1c(C(=O)OCC(=O)NCc2ccc(F)cc2)sc2cccc(F)c12. The molecule has 146 valence electrons. The first kappa shape index (κ1) is 19.9. The number of hydrogen-bond acceptors (Lipinski definition) is 5. The maximum atomic E-state index is 14.2. The predicted octanol–water partition coefficient (Wildman–Crippen LogP) is 3.80. The molecule has 3 rings (SSSR count). The molecule has 0 spiro atoms. The fraction of sp³-hybridized carbons (Fsp3) is 0.200. The van der Waals surface area contributed by atoms with Gasteiger partial charge in [0.2, 0.25) is 0 Å². The van der Waals surface area contributed by atoms with Gasteiger partial charge in [-0.05, 0) is 29.8 Å². The molecular weight excluding hydrogens is 388 g/mol. The number of carbonyl (C=O) groups is 2. The van der Waals surface area contributed by atoms with Gasteiger partial charge in [0.05, 0.1) is 6.61 Å². The second-order valence-corrected chi connectivity index (χ2v) is 6.99. The number of thiophene rings is 1. The third-order valence-corrected chi connectivity index (χ3v) is 5.15. The summed E-state index contributed by atoms with van der Waals surface area (Å²) < 4.78 is 37.8. The number of fused-ring (bicyclic) bond motifs is 1. The molecular formula is C20H17F2NO4S. The zero-order valence-electron chi connectivity index (χ0n) is 15.0. The van der Waals surface area contributed by atoms with Gasteiger partial charge in [-0.1, -0.05) is 18.2 Å². The van der Waals surface area contributed by atoms with Crippen LogP contribution in [0.5, 0.6) is 0 Å². The molecule has 1 aromatic heterocycles. The topological polar surface area (TPSA) is 64.6 Å². The van der Waals surface area contributed by atoms with Crippen LogP contribution in [-0.4, -0.2) is 25.6 Å². The molecule has 8 heteroatoms. The Bertz CT molecular complexity index is 1000. The second-order valence-electron chi connectivity index (χ2n) is 5.94. The minimum atomic E-state index is -0.718. The molecule has 3 aromatic rings. The van der Waals surface area contributed by atoms with Crippen LogP contribution in [0, 0.1) is 11.6 Å². The van der Waals surface area contributed by atoms with Gasteiger partial charge in [-0.3, -0.25) is 4.79 Å². The lowest BCUT2D eigenvalue weighted by molar-refractivity contribution is -0.124. The fourth-order valence-corrected chi connectivity index (χ4v) is 3.78. The molecule has 0 aliphatic rings. The van der Waals surface area contributed by atoms with E-state index in [4.69, 9.17) is 9.47 Å². The Morgan fingerprint density at radius 2 is 1.86 bits per heavy atom. The average molecular weight is 405 g/mol. The van der Waals surface area contributed by atoms with Crippen LogP contribution < -0.4 is 5.32 Å². The van der Waals surface area contributed by atoms with Crippen molar-refractivity contribution in [3.8, 4) is 0 Å². The van der Waals surface area contributed by atoms with Gasteiger partial charge in [-0.15, -0.1) is 11.3 Å². The van der Waals surface area contributed by atoms with Crippen LogP contribution >= 0.6 is 11.3 Å². The summed E-state index contributed by atoms with van der Waals surface area (Å²) in [5, 5.41) is 2.90. The monoisotopic (exact) mass is 405 g/mol. The maximum Gasteiger partial charge on any atom is 0.349 e. The van der Waals surface area contributed by atoms with E-state index in [2.05, 4.69) is 5.32 Å². The van der Waals surface area contributed by atoms with E-state index in [1.165, 1.54) is 25.3 Å². The van der Waals surface area contributed by atoms with Crippen molar-refractivity contribution in [1.29, 1.82) is 0 Å². The zero-order chi connectivity index (χ0) is 20.1. The quantitative estimate of drug-likeness (QED) is 0.608.